The molecule has 1 atom stereocenters. The van der Waals surface area contributed by atoms with Crippen molar-refractivity contribution in [1.29, 1.82) is 0 Å². The molecule has 0 bridgehead atoms. The average molecular weight is 209 g/mol. The van der Waals surface area contributed by atoms with Crippen molar-refractivity contribution >= 4 is 6.26 Å². The summed E-state index contributed by atoms with van der Waals surface area (Å²) >= 11 is 0. The maximum atomic E-state index is 5.60. The number of ether oxygens (including phenoxy) is 1. The summed E-state index contributed by atoms with van der Waals surface area (Å²) in [5.74, 6) is 0. The van der Waals surface area contributed by atoms with Crippen LogP contribution in [0.5, 0.6) is 0 Å². The minimum atomic E-state index is -0.212. The molecule has 0 amide bonds. The van der Waals surface area contributed by atoms with Gasteiger partial charge in [-0.1, -0.05) is 42.5 Å². The van der Waals surface area contributed by atoms with E-state index in [4.69, 9.17) is 4.74 Å². The summed E-state index contributed by atoms with van der Waals surface area (Å²) in [5, 5.41) is 2.03. The summed E-state index contributed by atoms with van der Waals surface area (Å²) in [6.07, 6.45) is 1.57. The largest absolute Gasteiger partial charge is 0.471 e. The number of rotatable bonds is 1. The van der Waals surface area contributed by atoms with Crippen LogP contribution in [0.2, 0.25) is 0 Å². The molecule has 0 saturated heterocycles. The Balaban J connectivity index is 2.08. The highest BCUT2D eigenvalue weighted by atomic mass is 16.5. The van der Waals surface area contributed by atoms with Crippen LogP contribution in [0.15, 0.2) is 59.6 Å². The van der Waals surface area contributed by atoms with Crippen LogP contribution in [-0.4, -0.2) is 0 Å². The third-order valence-corrected chi connectivity index (χ3v) is 2.60. The molecule has 1 unspecified atom stereocenters. The van der Waals surface area contributed by atoms with Gasteiger partial charge in [0.1, 0.15) is 0 Å². The van der Waals surface area contributed by atoms with E-state index in [0.29, 0.717) is 0 Å². The van der Waals surface area contributed by atoms with Crippen molar-refractivity contribution in [3.63, 3.8) is 0 Å². The van der Waals surface area contributed by atoms with Gasteiger partial charge in [0.2, 0.25) is 6.23 Å². The minimum absolute atomic E-state index is 0.212. The summed E-state index contributed by atoms with van der Waals surface area (Å²) in [5.41, 5.74) is 1.08. The first-order chi connectivity index (χ1) is 7.93. The first-order valence-corrected chi connectivity index (χ1v) is 5.27. The Morgan fingerprint density at radius 1 is 0.875 bits per heavy atom. The summed E-state index contributed by atoms with van der Waals surface area (Å²) < 4.78 is 5.60. The van der Waals surface area contributed by atoms with Crippen LogP contribution in [0, 0.1) is 0 Å². The highest BCUT2D eigenvalue weighted by Gasteiger charge is 2.10. The molecule has 3 rings (SSSR count). The lowest BCUT2D eigenvalue weighted by atomic mass is 10.2. The monoisotopic (exact) mass is 209 g/mol. The molecule has 2 aromatic rings. The molecule has 0 saturated carbocycles. The summed E-state index contributed by atoms with van der Waals surface area (Å²) in [6, 6.07) is 18.0. The lowest BCUT2D eigenvalue weighted by molar-refractivity contribution is 0.182. The van der Waals surface area contributed by atoms with Crippen molar-refractivity contribution in [1.82, 2.24) is 0 Å². The normalized spacial score (nSPS) is 17.6. The van der Waals surface area contributed by atoms with Crippen LogP contribution in [0.3, 0.4) is 0 Å². The molecule has 1 heterocycles. The molecule has 16 heavy (non-hydrogen) atoms. The summed E-state index contributed by atoms with van der Waals surface area (Å²) in [4.78, 5) is 4.56. The third kappa shape index (κ3) is 1.58. The predicted molar refractivity (Wildman–Crippen MR) is 62.0 cm³/mol. The van der Waals surface area contributed by atoms with Crippen LogP contribution >= 0.6 is 0 Å². The van der Waals surface area contributed by atoms with E-state index in [2.05, 4.69) is 4.99 Å². The maximum absolute atomic E-state index is 5.60. The third-order valence-electron chi connectivity index (χ3n) is 2.60. The molecule has 2 nitrogen and oxygen atoms in total. The Bertz CT molecular complexity index is 604. The van der Waals surface area contributed by atoms with Crippen LogP contribution < -0.4 is 10.6 Å². The van der Waals surface area contributed by atoms with Gasteiger partial charge >= 0.3 is 0 Å². The van der Waals surface area contributed by atoms with E-state index in [9.17, 15) is 0 Å². The van der Waals surface area contributed by atoms with E-state index in [1.807, 2.05) is 54.6 Å². The van der Waals surface area contributed by atoms with Crippen molar-refractivity contribution in [2.24, 2.45) is 4.99 Å². The van der Waals surface area contributed by atoms with E-state index in [1.54, 1.807) is 6.26 Å². The van der Waals surface area contributed by atoms with Gasteiger partial charge in [-0.2, -0.15) is 0 Å². The molecule has 1 aliphatic rings. The molecular formula is C14H11NO. The number of hydrogen-bond acceptors (Lipinski definition) is 2. The molecule has 2 heteroatoms. The summed E-state index contributed by atoms with van der Waals surface area (Å²) in [6.45, 7) is 0. The predicted octanol–water partition coefficient (Wildman–Crippen LogP) is 1.77. The number of fused-ring (bicyclic) bond motifs is 1. The lowest BCUT2D eigenvalue weighted by Gasteiger charge is -2.15. The highest BCUT2D eigenvalue weighted by Crippen LogP contribution is 2.18. The van der Waals surface area contributed by atoms with E-state index in [-0.39, 0.29) is 6.23 Å². The zero-order valence-corrected chi connectivity index (χ0v) is 8.71. The highest BCUT2D eigenvalue weighted by molar-refractivity contribution is 5.24. The topological polar surface area (TPSA) is 21.6 Å². The molecule has 2 aromatic carbocycles. The van der Waals surface area contributed by atoms with Gasteiger partial charge in [0, 0.05) is 10.8 Å². The van der Waals surface area contributed by atoms with Crippen LogP contribution in [0.1, 0.15) is 11.8 Å². The van der Waals surface area contributed by atoms with Gasteiger partial charge in [-0.15, -0.1) is 0 Å². The van der Waals surface area contributed by atoms with Gasteiger partial charge in [-0.3, -0.25) is 0 Å². The maximum Gasteiger partial charge on any atom is 0.215 e. The van der Waals surface area contributed by atoms with Crippen LogP contribution in [0.25, 0.3) is 6.26 Å². The first kappa shape index (κ1) is 9.16. The first-order valence-electron chi connectivity index (χ1n) is 5.27. The molecule has 0 aromatic heterocycles. The van der Waals surface area contributed by atoms with Crippen molar-refractivity contribution in [2.45, 2.75) is 6.23 Å². The van der Waals surface area contributed by atoms with E-state index in [1.165, 1.54) is 0 Å². The van der Waals surface area contributed by atoms with Gasteiger partial charge in [-0.05, 0) is 12.1 Å². The number of benzene rings is 2. The Kier molecular flexibility index (Phi) is 2.18. The Labute approximate surface area is 93.5 Å². The molecule has 1 aliphatic heterocycles. The van der Waals surface area contributed by atoms with Gasteiger partial charge in [0.25, 0.3) is 0 Å². The molecule has 0 aliphatic carbocycles. The van der Waals surface area contributed by atoms with E-state index < -0.39 is 0 Å². The fraction of sp³-hybridized carbons (Fsp3) is 0.0714. The second kappa shape index (κ2) is 3.81. The summed E-state index contributed by atoms with van der Waals surface area (Å²) in [7, 11) is 0. The number of hydrogen-bond donors (Lipinski definition) is 0. The van der Waals surface area contributed by atoms with Crippen LogP contribution in [0.4, 0.5) is 0 Å². The number of nitrogens with zero attached hydrogens (tertiary/aromatic N) is 1. The van der Waals surface area contributed by atoms with Gasteiger partial charge in [-0.25, -0.2) is 4.99 Å². The molecule has 0 fully saturated rings. The van der Waals surface area contributed by atoms with Crippen molar-refractivity contribution < 1.29 is 4.74 Å². The SMILES string of the molecule is C1=c2ccccc2=NC(c2ccccc2)O1. The van der Waals surface area contributed by atoms with E-state index in [0.717, 1.165) is 16.1 Å². The lowest BCUT2D eigenvalue weighted by Crippen LogP contribution is -2.29. The van der Waals surface area contributed by atoms with Gasteiger partial charge < -0.3 is 4.74 Å². The Hall–Kier alpha value is -2.09. The molecule has 0 spiro atoms. The average Bonchev–Trinajstić information content (AvgIpc) is 2.39. The molecule has 78 valence electrons. The zero-order valence-electron chi connectivity index (χ0n) is 8.71. The van der Waals surface area contributed by atoms with Crippen molar-refractivity contribution in [2.75, 3.05) is 0 Å². The van der Waals surface area contributed by atoms with E-state index >= 15 is 0 Å². The Morgan fingerprint density at radius 2 is 1.62 bits per heavy atom. The fourth-order valence-corrected chi connectivity index (χ4v) is 1.77. The standard InChI is InChI=1S/C14H11NO/c1-2-6-11(7-3-1)14-15-13-9-5-4-8-12(13)10-16-14/h1-10,14H. The molecular weight excluding hydrogens is 198 g/mol. The van der Waals surface area contributed by atoms with Crippen molar-refractivity contribution in [3.8, 4) is 0 Å². The van der Waals surface area contributed by atoms with Gasteiger partial charge in [0.05, 0.1) is 11.6 Å². The number of para-hydroxylation sites is 1. The molecule has 0 radical (unpaired) electrons. The van der Waals surface area contributed by atoms with Gasteiger partial charge in [0.15, 0.2) is 0 Å². The van der Waals surface area contributed by atoms with Crippen molar-refractivity contribution in [3.05, 3.63) is 70.7 Å². The second-order valence-electron chi connectivity index (χ2n) is 3.70. The zero-order chi connectivity index (χ0) is 10.8. The second-order valence-corrected chi connectivity index (χ2v) is 3.70. The Morgan fingerprint density at radius 3 is 2.50 bits per heavy atom. The quantitative estimate of drug-likeness (QED) is 0.701. The smallest absolute Gasteiger partial charge is 0.215 e. The minimum Gasteiger partial charge on any atom is -0.471 e. The fourth-order valence-electron chi connectivity index (χ4n) is 1.77. The van der Waals surface area contributed by atoms with Crippen LogP contribution in [-0.2, 0) is 4.74 Å². The molecule has 0 N–H and O–H groups in total.